The van der Waals surface area contributed by atoms with Crippen LogP contribution in [0.4, 0.5) is 4.39 Å². The molecule has 2 aliphatic heterocycles. The second-order valence-corrected chi connectivity index (χ2v) is 8.23. The van der Waals surface area contributed by atoms with E-state index in [4.69, 9.17) is 5.73 Å². The van der Waals surface area contributed by atoms with Gasteiger partial charge in [-0.05, 0) is 36.1 Å². The van der Waals surface area contributed by atoms with Crippen molar-refractivity contribution in [2.45, 2.75) is 44.8 Å². The summed E-state index contributed by atoms with van der Waals surface area (Å²) in [7, 11) is 0. The molecule has 0 fully saturated rings. The molecule has 1 unspecified atom stereocenters. The molecule has 10 heteroatoms. The standard InChI is InChI=1S/C22H24FN7O2.C3H6/c23-18-8-4-3-6-15(18)9-17(24)11-21(31)30-13-16-7-2-1-5-14(16)10-19(30)22(32)26-20-12-25-28-29-27-20;1-3-2/h1-8,17,19H,9-13,24H2,(H,25,29)(H,26,27,28,32);3H,1H2,2H3/t17?,19-;/m0./s1. The minimum atomic E-state index is -0.723. The lowest BCUT2D eigenvalue weighted by molar-refractivity contribution is -0.141. The van der Waals surface area contributed by atoms with Crippen LogP contribution in [0.2, 0.25) is 0 Å². The SMILES string of the molecule is C=CC.NC(CC(=O)N1Cc2ccccc2C[C@H]1C(=O)NC1=NNN=NC1)Cc1ccccc1F. The molecule has 2 atom stereocenters. The van der Waals surface area contributed by atoms with E-state index in [1.165, 1.54) is 11.0 Å². The van der Waals surface area contributed by atoms with Gasteiger partial charge in [0.15, 0.2) is 5.84 Å². The highest BCUT2D eigenvalue weighted by molar-refractivity contribution is 6.02. The van der Waals surface area contributed by atoms with Gasteiger partial charge in [-0.15, -0.1) is 11.7 Å². The predicted octanol–water partition coefficient (Wildman–Crippen LogP) is 2.63. The molecule has 35 heavy (non-hydrogen) atoms. The van der Waals surface area contributed by atoms with E-state index in [0.717, 1.165) is 11.1 Å². The van der Waals surface area contributed by atoms with Crippen LogP contribution in [0.25, 0.3) is 0 Å². The monoisotopic (exact) mass is 479 g/mol. The van der Waals surface area contributed by atoms with Gasteiger partial charge in [-0.1, -0.05) is 53.8 Å². The van der Waals surface area contributed by atoms with Gasteiger partial charge in [-0.25, -0.2) is 4.39 Å². The number of allylic oxidation sites excluding steroid dienone is 1. The Morgan fingerprint density at radius 1 is 1.26 bits per heavy atom. The van der Waals surface area contributed by atoms with Crippen LogP contribution in [-0.4, -0.2) is 41.2 Å². The number of amidine groups is 1. The Balaban J connectivity index is 0.00000108. The molecule has 2 aromatic carbocycles. The number of hydrazone groups is 1. The number of fused-ring (bicyclic) bond motifs is 1. The number of carbonyl (C=O) groups is 2. The molecule has 2 heterocycles. The Bertz CT molecular complexity index is 1120. The lowest BCUT2D eigenvalue weighted by Crippen LogP contribution is -2.54. The Morgan fingerprint density at radius 3 is 2.63 bits per heavy atom. The number of amides is 2. The Hall–Kier alpha value is -3.92. The van der Waals surface area contributed by atoms with Gasteiger partial charge in [0.05, 0.1) is 0 Å². The molecule has 4 N–H and O–H groups in total. The van der Waals surface area contributed by atoms with E-state index in [1.54, 1.807) is 24.3 Å². The molecule has 0 spiro atoms. The van der Waals surface area contributed by atoms with Crippen molar-refractivity contribution in [2.75, 3.05) is 6.54 Å². The fourth-order valence-electron chi connectivity index (χ4n) is 3.92. The molecular formula is C25H30FN7O2. The third kappa shape index (κ3) is 7.03. The van der Waals surface area contributed by atoms with Crippen LogP contribution in [0.3, 0.4) is 0 Å². The normalized spacial score (nSPS) is 17.1. The average molecular weight is 480 g/mol. The fraction of sp³-hybridized carbons (Fsp3) is 0.320. The summed E-state index contributed by atoms with van der Waals surface area (Å²) in [6.07, 6.45) is 2.35. The van der Waals surface area contributed by atoms with Crippen molar-refractivity contribution in [3.63, 3.8) is 0 Å². The summed E-state index contributed by atoms with van der Waals surface area (Å²) >= 11 is 0. The smallest absolute Gasteiger partial charge is 0.248 e. The lowest BCUT2D eigenvalue weighted by atomic mass is 9.92. The number of benzene rings is 2. The molecule has 0 saturated heterocycles. The minimum Gasteiger partial charge on any atom is -0.327 e. The summed E-state index contributed by atoms with van der Waals surface area (Å²) in [6, 6.07) is 12.8. The second kappa shape index (κ2) is 12.5. The second-order valence-electron chi connectivity index (χ2n) is 8.23. The lowest BCUT2D eigenvalue weighted by Gasteiger charge is -2.36. The highest BCUT2D eigenvalue weighted by atomic mass is 19.1. The summed E-state index contributed by atoms with van der Waals surface area (Å²) in [4.78, 5) is 27.8. The van der Waals surface area contributed by atoms with Gasteiger partial charge in [0.1, 0.15) is 18.4 Å². The third-order valence-corrected chi connectivity index (χ3v) is 5.54. The first-order valence-electron chi connectivity index (χ1n) is 11.3. The summed E-state index contributed by atoms with van der Waals surface area (Å²) < 4.78 is 14.0. The molecule has 9 nitrogen and oxygen atoms in total. The van der Waals surface area contributed by atoms with Crippen LogP contribution in [0.5, 0.6) is 0 Å². The Morgan fingerprint density at radius 2 is 1.94 bits per heavy atom. The zero-order chi connectivity index (χ0) is 25.2. The molecule has 4 rings (SSSR count). The van der Waals surface area contributed by atoms with Gasteiger partial charge >= 0.3 is 0 Å². The topological polar surface area (TPSA) is 125 Å². The van der Waals surface area contributed by atoms with Crippen LogP contribution in [-0.2, 0) is 29.0 Å². The molecule has 2 aromatic rings. The molecule has 2 aliphatic rings. The first kappa shape index (κ1) is 25.7. The molecular weight excluding hydrogens is 449 g/mol. The van der Waals surface area contributed by atoms with Crippen molar-refractivity contribution < 1.29 is 14.0 Å². The molecule has 0 aromatic heterocycles. The van der Waals surface area contributed by atoms with Crippen molar-refractivity contribution in [2.24, 2.45) is 21.2 Å². The first-order chi connectivity index (χ1) is 16.9. The van der Waals surface area contributed by atoms with E-state index in [1.807, 2.05) is 31.2 Å². The number of hydrogen-bond acceptors (Lipinski definition) is 7. The van der Waals surface area contributed by atoms with Crippen LogP contribution >= 0.6 is 0 Å². The maximum atomic E-state index is 14.0. The molecule has 2 amide bonds. The predicted molar refractivity (Wildman–Crippen MR) is 131 cm³/mol. The van der Waals surface area contributed by atoms with Crippen molar-refractivity contribution in [1.82, 2.24) is 15.8 Å². The van der Waals surface area contributed by atoms with Crippen molar-refractivity contribution in [3.8, 4) is 0 Å². The molecule has 184 valence electrons. The summed E-state index contributed by atoms with van der Waals surface area (Å²) in [5.74, 6) is -0.633. The van der Waals surface area contributed by atoms with Gasteiger partial charge < -0.3 is 16.0 Å². The third-order valence-electron chi connectivity index (χ3n) is 5.54. The fourth-order valence-corrected chi connectivity index (χ4v) is 3.92. The molecule has 0 aliphatic carbocycles. The largest absolute Gasteiger partial charge is 0.327 e. The minimum absolute atomic E-state index is 0.00298. The summed E-state index contributed by atoms with van der Waals surface area (Å²) in [6.45, 7) is 5.69. The van der Waals surface area contributed by atoms with Gasteiger partial charge in [0, 0.05) is 25.4 Å². The molecule has 0 saturated carbocycles. The number of hydrogen-bond donors (Lipinski definition) is 3. The number of nitrogens with one attached hydrogen (secondary N) is 2. The highest BCUT2D eigenvalue weighted by Gasteiger charge is 2.35. The molecule has 0 bridgehead atoms. The van der Waals surface area contributed by atoms with Gasteiger partial charge in [-0.2, -0.15) is 10.6 Å². The Labute approximate surface area is 204 Å². The number of halogens is 1. The van der Waals surface area contributed by atoms with Crippen LogP contribution < -0.4 is 16.6 Å². The van der Waals surface area contributed by atoms with E-state index in [-0.39, 0.29) is 37.0 Å². The Kier molecular flexibility index (Phi) is 9.19. The van der Waals surface area contributed by atoms with Crippen molar-refractivity contribution in [1.29, 1.82) is 0 Å². The van der Waals surface area contributed by atoms with Crippen molar-refractivity contribution in [3.05, 3.63) is 83.7 Å². The van der Waals surface area contributed by atoms with E-state index in [9.17, 15) is 14.0 Å². The molecule has 0 radical (unpaired) electrons. The zero-order valence-corrected chi connectivity index (χ0v) is 19.7. The van der Waals surface area contributed by atoms with Gasteiger partial charge in [0.2, 0.25) is 11.8 Å². The first-order valence-corrected chi connectivity index (χ1v) is 11.3. The highest BCUT2D eigenvalue weighted by Crippen LogP contribution is 2.25. The maximum absolute atomic E-state index is 14.0. The van der Waals surface area contributed by atoms with Gasteiger partial charge in [-0.3, -0.25) is 9.59 Å². The number of nitrogens with zero attached hydrogens (tertiary/aromatic N) is 4. The average Bonchev–Trinajstić information content (AvgIpc) is 2.85. The quantitative estimate of drug-likeness (QED) is 0.570. The maximum Gasteiger partial charge on any atom is 0.248 e. The van der Waals surface area contributed by atoms with E-state index < -0.39 is 12.1 Å². The van der Waals surface area contributed by atoms with Gasteiger partial charge in [0.25, 0.3) is 0 Å². The summed E-state index contributed by atoms with van der Waals surface area (Å²) in [5, 5.41) is 13.9. The zero-order valence-electron chi connectivity index (χ0n) is 19.7. The number of rotatable bonds is 5. The van der Waals surface area contributed by atoms with Crippen molar-refractivity contribution >= 4 is 17.6 Å². The van der Waals surface area contributed by atoms with Crippen LogP contribution in [0.1, 0.15) is 30.0 Å². The van der Waals surface area contributed by atoms with E-state index in [0.29, 0.717) is 24.4 Å². The number of carbonyl (C=O) groups excluding carboxylic acids is 2. The van der Waals surface area contributed by atoms with Crippen LogP contribution in [0.15, 0.2) is 76.6 Å². The van der Waals surface area contributed by atoms with E-state index in [2.05, 4.69) is 32.9 Å². The van der Waals surface area contributed by atoms with E-state index >= 15 is 0 Å². The number of nitrogens with two attached hydrogens (primary N) is 1. The van der Waals surface area contributed by atoms with Crippen LogP contribution in [0, 0.1) is 5.82 Å². The summed E-state index contributed by atoms with van der Waals surface area (Å²) in [5.41, 5.74) is 11.0.